The predicted molar refractivity (Wildman–Crippen MR) is 150 cm³/mol. The average Bonchev–Trinajstić information content (AvgIpc) is 3.20. The molecular formula is C31H24F3N3O4. The molecule has 0 spiro atoms. The molecule has 0 atom stereocenters. The first-order chi connectivity index (χ1) is 19.3. The molecule has 1 aliphatic rings. The minimum absolute atomic E-state index is 0.0354. The van der Waals surface area contributed by atoms with Crippen LogP contribution in [-0.4, -0.2) is 27.8 Å². The molecule has 41 heavy (non-hydrogen) atoms. The molecule has 10 heteroatoms. The number of anilines is 3. The minimum Gasteiger partial charge on any atom is -0.505 e. The van der Waals surface area contributed by atoms with E-state index in [0.29, 0.717) is 22.4 Å². The molecule has 3 N–H and O–H groups in total. The van der Waals surface area contributed by atoms with Crippen LogP contribution in [0.5, 0.6) is 5.75 Å². The van der Waals surface area contributed by atoms with Crippen molar-refractivity contribution in [2.75, 3.05) is 10.3 Å². The summed E-state index contributed by atoms with van der Waals surface area (Å²) in [5, 5.41) is 24.6. The predicted octanol–water partition coefficient (Wildman–Crippen LogP) is 7.20. The normalized spacial score (nSPS) is 14.0. The Hall–Kier alpha value is -5.12. The second kappa shape index (κ2) is 10.1. The van der Waals surface area contributed by atoms with E-state index >= 15 is 0 Å². The van der Waals surface area contributed by atoms with Crippen molar-refractivity contribution < 1.29 is 33.0 Å². The van der Waals surface area contributed by atoms with Crippen LogP contribution in [0, 0.1) is 20.8 Å². The van der Waals surface area contributed by atoms with Crippen LogP contribution in [0.2, 0.25) is 0 Å². The van der Waals surface area contributed by atoms with Crippen molar-refractivity contribution in [1.29, 1.82) is 0 Å². The number of carbonyl (C=O) groups excluding carboxylic acids is 1. The molecule has 4 aromatic rings. The summed E-state index contributed by atoms with van der Waals surface area (Å²) in [6.07, 6.45) is -4.62. The molecule has 7 nitrogen and oxygen atoms in total. The quantitative estimate of drug-likeness (QED) is 0.177. The molecule has 0 radical (unpaired) electrons. The van der Waals surface area contributed by atoms with Gasteiger partial charge in [-0.15, -0.1) is 0 Å². The van der Waals surface area contributed by atoms with Gasteiger partial charge in [0.2, 0.25) is 0 Å². The Morgan fingerprint density at radius 1 is 0.902 bits per heavy atom. The van der Waals surface area contributed by atoms with Crippen LogP contribution in [0.1, 0.15) is 38.2 Å². The number of aromatic hydroxyl groups is 1. The number of halogens is 3. The maximum Gasteiger partial charge on any atom is 0.416 e. The molecule has 5 rings (SSSR count). The highest BCUT2D eigenvalue weighted by Gasteiger charge is 2.39. The highest BCUT2D eigenvalue weighted by molar-refractivity contribution is 6.55. The maximum absolute atomic E-state index is 13.6. The Morgan fingerprint density at radius 2 is 1.66 bits per heavy atom. The third-order valence-corrected chi connectivity index (χ3v) is 6.94. The van der Waals surface area contributed by atoms with Crippen molar-refractivity contribution in [3.05, 3.63) is 106 Å². The van der Waals surface area contributed by atoms with Crippen LogP contribution in [-0.2, 0) is 11.0 Å². The Bertz CT molecular complexity index is 1760. The fourth-order valence-corrected chi connectivity index (χ4v) is 4.67. The largest absolute Gasteiger partial charge is 0.505 e. The number of nitrogens with one attached hydrogen (secondary N) is 1. The first-order valence-electron chi connectivity index (χ1n) is 12.5. The van der Waals surface area contributed by atoms with Crippen molar-refractivity contribution in [1.82, 2.24) is 0 Å². The van der Waals surface area contributed by atoms with Gasteiger partial charge in [-0.1, -0.05) is 18.2 Å². The zero-order valence-corrected chi connectivity index (χ0v) is 22.2. The molecule has 1 aliphatic heterocycles. The number of carboxylic acids is 1. The van der Waals surface area contributed by atoms with E-state index in [9.17, 15) is 33.0 Å². The first kappa shape index (κ1) is 27.4. The van der Waals surface area contributed by atoms with Gasteiger partial charge in [-0.05, 0) is 97.6 Å². The smallest absolute Gasteiger partial charge is 0.416 e. The molecule has 0 aromatic heterocycles. The number of hydrazone groups is 1. The Balaban J connectivity index is 1.59. The van der Waals surface area contributed by atoms with Crippen LogP contribution in [0.15, 0.2) is 77.9 Å². The molecule has 0 fully saturated rings. The molecule has 0 unspecified atom stereocenters. The lowest BCUT2D eigenvalue weighted by Crippen LogP contribution is -2.26. The second-order valence-electron chi connectivity index (χ2n) is 9.81. The fourth-order valence-electron chi connectivity index (χ4n) is 4.67. The molecule has 0 saturated carbocycles. The molecule has 1 heterocycles. The van der Waals surface area contributed by atoms with Crippen molar-refractivity contribution in [3.63, 3.8) is 0 Å². The molecule has 0 saturated heterocycles. The molecule has 208 valence electrons. The summed E-state index contributed by atoms with van der Waals surface area (Å²) in [5.41, 5.74) is 5.74. The molecule has 0 bridgehead atoms. The van der Waals surface area contributed by atoms with Gasteiger partial charge in [-0.2, -0.15) is 18.3 Å². The summed E-state index contributed by atoms with van der Waals surface area (Å²) in [4.78, 5) is 26.3. The molecule has 4 aromatic carbocycles. The van der Waals surface area contributed by atoms with Gasteiger partial charge >= 0.3 is 12.1 Å². The number of phenols is 1. The fraction of sp³-hybridized carbons (Fsp3) is 0.129. The van der Waals surface area contributed by atoms with E-state index in [4.69, 9.17) is 0 Å². The van der Waals surface area contributed by atoms with Crippen LogP contribution >= 0.6 is 0 Å². The number of benzene rings is 4. The highest BCUT2D eigenvalue weighted by Crippen LogP contribution is 2.41. The number of aryl methyl sites for hydroxylation is 3. The lowest BCUT2D eigenvalue weighted by molar-refractivity contribution is -0.137. The van der Waals surface area contributed by atoms with Gasteiger partial charge in [0.25, 0.3) is 5.91 Å². The number of carbonyl (C=O) groups is 2. The number of hydrogen-bond donors (Lipinski definition) is 3. The van der Waals surface area contributed by atoms with E-state index in [1.807, 2.05) is 13.8 Å². The molecule has 0 aliphatic carbocycles. The number of amides is 1. The van der Waals surface area contributed by atoms with Gasteiger partial charge < -0.3 is 10.2 Å². The minimum atomic E-state index is -4.62. The van der Waals surface area contributed by atoms with Gasteiger partial charge in [0.15, 0.2) is 5.71 Å². The third kappa shape index (κ3) is 5.11. The van der Waals surface area contributed by atoms with E-state index in [0.717, 1.165) is 23.3 Å². The van der Waals surface area contributed by atoms with Gasteiger partial charge in [-0.3, -0.25) is 15.1 Å². The van der Waals surface area contributed by atoms with Crippen LogP contribution < -0.4 is 10.3 Å². The molecular weight excluding hydrogens is 535 g/mol. The average molecular weight is 560 g/mol. The second-order valence-corrected chi connectivity index (χ2v) is 9.81. The first-order valence-corrected chi connectivity index (χ1v) is 12.5. The van der Waals surface area contributed by atoms with E-state index < -0.39 is 23.6 Å². The van der Waals surface area contributed by atoms with Crippen molar-refractivity contribution in [3.8, 4) is 16.9 Å². The topological polar surface area (TPSA) is 102 Å². The highest BCUT2D eigenvalue weighted by atomic mass is 19.4. The number of nitrogens with zero attached hydrogens (tertiary/aromatic N) is 2. The number of rotatable bonds is 5. The SMILES string of the molecule is Cc1cc(NN=C2C(=O)N(c3ccc(C)c(C)c3)c3cc(C(F)(F)F)ccc32)c(O)c(-c2cccc(C(=O)O)c2)c1. The van der Waals surface area contributed by atoms with Gasteiger partial charge in [-0.25, -0.2) is 4.79 Å². The van der Waals surface area contributed by atoms with E-state index in [2.05, 4.69) is 10.5 Å². The Kier molecular flexibility index (Phi) is 6.78. The number of alkyl halides is 3. The number of fused-ring (bicyclic) bond motifs is 1. The summed E-state index contributed by atoms with van der Waals surface area (Å²) >= 11 is 0. The van der Waals surface area contributed by atoms with Crippen molar-refractivity contribution in [2.24, 2.45) is 5.10 Å². The van der Waals surface area contributed by atoms with Gasteiger partial charge in [0.1, 0.15) is 5.75 Å². The van der Waals surface area contributed by atoms with E-state index in [1.165, 1.54) is 23.1 Å². The summed E-state index contributed by atoms with van der Waals surface area (Å²) in [7, 11) is 0. The van der Waals surface area contributed by atoms with E-state index in [-0.39, 0.29) is 34.0 Å². The van der Waals surface area contributed by atoms with Crippen LogP contribution in [0.25, 0.3) is 11.1 Å². The molecule has 1 amide bonds. The standard InChI is InChI=1S/C31H24F3N3O4/c1-16-11-24(19-5-4-6-20(14-19)30(40)41)28(38)25(12-16)35-36-27-23-10-8-21(31(32,33)34)15-26(23)37(29(27)39)22-9-7-17(2)18(3)13-22/h4-15,35,38H,1-3H3,(H,40,41). The summed E-state index contributed by atoms with van der Waals surface area (Å²) in [5.74, 6) is -2.01. The zero-order chi connectivity index (χ0) is 29.6. The number of hydrogen-bond acceptors (Lipinski definition) is 5. The van der Waals surface area contributed by atoms with Gasteiger partial charge in [0, 0.05) is 16.8 Å². The van der Waals surface area contributed by atoms with Crippen molar-refractivity contribution in [2.45, 2.75) is 26.9 Å². The lowest BCUT2D eigenvalue weighted by atomic mass is 9.99. The summed E-state index contributed by atoms with van der Waals surface area (Å²) < 4.78 is 40.8. The van der Waals surface area contributed by atoms with Crippen LogP contribution in [0.4, 0.5) is 30.2 Å². The van der Waals surface area contributed by atoms with Crippen LogP contribution in [0.3, 0.4) is 0 Å². The number of carboxylic acid groups (broad SMARTS) is 1. The number of phenolic OH excluding ortho intramolecular Hbond substituents is 1. The summed E-state index contributed by atoms with van der Waals surface area (Å²) in [6, 6.07) is 17.5. The lowest BCUT2D eigenvalue weighted by Gasteiger charge is -2.19. The third-order valence-electron chi connectivity index (χ3n) is 6.94. The zero-order valence-electron chi connectivity index (χ0n) is 22.2. The van der Waals surface area contributed by atoms with Crippen molar-refractivity contribution >= 4 is 34.7 Å². The summed E-state index contributed by atoms with van der Waals surface area (Å²) in [6.45, 7) is 5.49. The van der Waals surface area contributed by atoms with E-state index in [1.54, 1.807) is 49.4 Å². The Morgan fingerprint density at radius 3 is 2.34 bits per heavy atom. The van der Waals surface area contributed by atoms with Gasteiger partial charge in [0.05, 0.1) is 22.5 Å². The Labute approximate surface area is 233 Å². The monoisotopic (exact) mass is 559 g/mol. The maximum atomic E-state index is 13.6. The number of aromatic carboxylic acids is 1.